The molecule has 92 valence electrons. The largest absolute Gasteiger partial charge is 0.396 e. The first-order valence-corrected chi connectivity index (χ1v) is 6.65. The lowest BCUT2D eigenvalue weighted by atomic mass is 10.1. The molecule has 0 bridgehead atoms. The van der Waals surface area contributed by atoms with Gasteiger partial charge in [-0.15, -0.1) is 0 Å². The Morgan fingerprint density at radius 1 is 1.00 bits per heavy atom. The minimum atomic E-state index is 0.297. The van der Waals surface area contributed by atoms with Crippen LogP contribution in [0.5, 0.6) is 0 Å². The lowest BCUT2D eigenvalue weighted by molar-refractivity contribution is 0.269. The van der Waals surface area contributed by atoms with E-state index in [1.165, 1.54) is 44.9 Å². The molecule has 0 aliphatic heterocycles. The van der Waals surface area contributed by atoms with Gasteiger partial charge in [0.1, 0.15) is 0 Å². The molecule has 0 saturated carbocycles. The van der Waals surface area contributed by atoms with E-state index in [0.717, 1.165) is 13.0 Å². The molecule has 0 amide bonds. The van der Waals surface area contributed by atoms with E-state index in [0.29, 0.717) is 12.6 Å². The zero-order valence-electron chi connectivity index (χ0n) is 10.6. The van der Waals surface area contributed by atoms with Crippen molar-refractivity contribution in [3.05, 3.63) is 0 Å². The van der Waals surface area contributed by atoms with E-state index in [1.54, 1.807) is 0 Å². The molecule has 15 heavy (non-hydrogen) atoms. The first-order chi connectivity index (χ1) is 7.31. The fraction of sp³-hybridized carbons (Fsp3) is 1.00. The highest BCUT2D eigenvalue weighted by atomic mass is 16.3. The molecule has 2 nitrogen and oxygen atoms in total. The molecule has 1 atom stereocenters. The summed E-state index contributed by atoms with van der Waals surface area (Å²) >= 11 is 0. The molecule has 0 rings (SSSR count). The summed E-state index contributed by atoms with van der Waals surface area (Å²) in [6.45, 7) is 5.80. The lowest BCUT2D eigenvalue weighted by Crippen LogP contribution is -2.27. The van der Waals surface area contributed by atoms with Crippen LogP contribution in [0.2, 0.25) is 0 Å². The molecule has 0 radical (unpaired) electrons. The number of rotatable bonds is 11. The van der Waals surface area contributed by atoms with Gasteiger partial charge >= 0.3 is 0 Å². The Balaban J connectivity index is 2.98. The molecule has 2 N–H and O–H groups in total. The fourth-order valence-electron chi connectivity index (χ4n) is 1.73. The van der Waals surface area contributed by atoms with Gasteiger partial charge in [-0.1, -0.05) is 45.4 Å². The van der Waals surface area contributed by atoms with Crippen LogP contribution in [-0.4, -0.2) is 24.3 Å². The van der Waals surface area contributed by atoms with E-state index in [4.69, 9.17) is 5.11 Å². The van der Waals surface area contributed by atoms with E-state index in [9.17, 15) is 0 Å². The Morgan fingerprint density at radius 2 is 1.60 bits per heavy atom. The molecule has 0 aromatic heterocycles. The maximum absolute atomic E-state index is 8.72. The van der Waals surface area contributed by atoms with Crippen LogP contribution in [0.4, 0.5) is 0 Å². The van der Waals surface area contributed by atoms with Gasteiger partial charge in [0, 0.05) is 12.6 Å². The number of hydrogen-bond acceptors (Lipinski definition) is 2. The predicted octanol–water partition coefficient (Wildman–Crippen LogP) is 3.10. The Kier molecular flexibility index (Phi) is 11.9. The maximum atomic E-state index is 8.72. The van der Waals surface area contributed by atoms with Crippen molar-refractivity contribution in [1.29, 1.82) is 0 Å². The lowest BCUT2D eigenvalue weighted by Gasteiger charge is -2.11. The zero-order valence-corrected chi connectivity index (χ0v) is 10.6. The molecule has 0 fully saturated rings. The molecular weight excluding hydrogens is 186 g/mol. The van der Waals surface area contributed by atoms with Crippen molar-refractivity contribution in [2.75, 3.05) is 13.2 Å². The molecule has 2 heteroatoms. The van der Waals surface area contributed by atoms with Gasteiger partial charge in [-0.25, -0.2) is 0 Å². The quantitative estimate of drug-likeness (QED) is 0.519. The van der Waals surface area contributed by atoms with Gasteiger partial charge in [0.2, 0.25) is 0 Å². The average Bonchev–Trinajstić information content (AvgIpc) is 2.22. The summed E-state index contributed by atoms with van der Waals surface area (Å²) in [6.07, 6.45) is 10.4. The smallest absolute Gasteiger partial charge is 0.0445 e. The number of aliphatic hydroxyl groups is 1. The number of aliphatic hydroxyl groups excluding tert-OH is 1. The summed E-state index contributed by atoms with van der Waals surface area (Å²) in [6, 6.07) is 0.468. The predicted molar refractivity (Wildman–Crippen MR) is 67.2 cm³/mol. The zero-order chi connectivity index (χ0) is 11.4. The summed E-state index contributed by atoms with van der Waals surface area (Å²) in [4.78, 5) is 0. The van der Waals surface area contributed by atoms with E-state index in [1.807, 2.05) is 0 Å². The normalized spacial score (nSPS) is 13.0. The van der Waals surface area contributed by atoms with E-state index in [-0.39, 0.29) is 0 Å². The Bertz CT molecular complexity index is 117. The van der Waals surface area contributed by atoms with Crippen LogP contribution in [0.3, 0.4) is 0 Å². The minimum absolute atomic E-state index is 0.297. The standard InChI is InChI=1S/C13H29NO/c1-3-4-5-6-7-8-9-11-14-13(2)10-12-15/h13-15H,3-12H2,1-2H3. The van der Waals surface area contributed by atoms with Gasteiger partial charge in [-0.3, -0.25) is 0 Å². The molecule has 0 aliphatic carbocycles. The van der Waals surface area contributed by atoms with Crippen LogP contribution in [-0.2, 0) is 0 Å². The Labute approximate surface area is 95.5 Å². The van der Waals surface area contributed by atoms with Crippen molar-refractivity contribution >= 4 is 0 Å². The van der Waals surface area contributed by atoms with Crippen LogP contribution in [0.25, 0.3) is 0 Å². The summed E-state index contributed by atoms with van der Waals surface area (Å²) in [5.74, 6) is 0. The highest BCUT2D eigenvalue weighted by Gasteiger charge is 1.98. The molecule has 0 spiro atoms. The molecular formula is C13H29NO. The van der Waals surface area contributed by atoms with E-state index >= 15 is 0 Å². The van der Waals surface area contributed by atoms with Crippen molar-refractivity contribution in [3.63, 3.8) is 0 Å². The topological polar surface area (TPSA) is 32.3 Å². The highest BCUT2D eigenvalue weighted by molar-refractivity contribution is 4.59. The van der Waals surface area contributed by atoms with Crippen LogP contribution >= 0.6 is 0 Å². The van der Waals surface area contributed by atoms with Crippen molar-refractivity contribution in [1.82, 2.24) is 5.32 Å². The first kappa shape index (κ1) is 14.9. The van der Waals surface area contributed by atoms with Crippen molar-refractivity contribution in [2.24, 2.45) is 0 Å². The van der Waals surface area contributed by atoms with Crippen molar-refractivity contribution in [3.8, 4) is 0 Å². The van der Waals surface area contributed by atoms with E-state index in [2.05, 4.69) is 19.2 Å². The second-order valence-corrected chi connectivity index (χ2v) is 4.49. The number of nitrogens with one attached hydrogen (secondary N) is 1. The maximum Gasteiger partial charge on any atom is 0.0445 e. The van der Waals surface area contributed by atoms with Crippen molar-refractivity contribution < 1.29 is 5.11 Å². The van der Waals surface area contributed by atoms with Gasteiger partial charge in [0.25, 0.3) is 0 Å². The molecule has 0 aliphatic rings. The van der Waals surface area contributed by atoms with Gasteiger partial charge in [0.05, 0.1) is 0 Å². The Morgan fingerprint density at radius 3 is 2.20 bits per heavy atom. The third-order valence-corrected chi connectivity index (χ3v) is 2.84. The number of unbranched alkanes of at least 4 members (excludes halogenated alkanes) is 6. The minimum Gasteiger partial charge on any atom is -0.396 e. The first-order valence-electron chi connectivity index (χ1n) is 6.65. The van der Waals surface area contributed by atoms with Crippen LogP contribution in [0.15, 0.2) is 0 Å². The van der Waals surface area contributed by atoms with Crippen LogP contribution in [0.1, 0.15) is 65.2 Å². The molecule has 0 aromatic rings. The summed E-state index contributed by atoms with van der Waals surface area (Å²) < 4.78 is 0. The van der Waals surface area contributed by atoms with Crippen LogP contribution < -0.4 is 5.32 Å². The number of hydrogen-bond donors (Lipinski definition) is 2. The monoisotopic (exact) mass is 215 g/mol. The average molecular weight is 215 g/mol. The summed E-state index contributed by atoms with van der Waals surface area (Å²) in [7, 11) is 0. The second-order valence-electron chi connectivity index (χ2n) is 4.49. The molecule has 0 aromatic carbocycles. The second kappa shape index (κ2) is 12.0. The van der Waals surface area contributed by atoms with E-state index < -0.39 is 0 Å². The molecule has 1 unspecified atom stereocenters. The third-order valence-electron chi connectivity index (χ3n) is 2.84. The fourth-order valence-corrected chi connectivity index (χ4v) is 1.73. The van der Waals surface area contributed by atoms with Crippen LogP contribution in [0, 0.1) is 0 Å². The van der Waals surface area contributed by atoms with Gasteiger partial charge in [-0.05, 0) is 26.3 Å². The summed E-state index contributed by atoms with van der Waals surface area (Å²) in [5, 5.41) is 12.1. The SMILES string of the molecule is CCCCCCCCCNC(C)CCO. The van der Waals surface area contributed by atoms with Gasteiger partial charge < -0.3 is 10.4 Å². The molecule has 0 heterocycles. The molecule has 0 saturated heterocycles. The highest BCUT2D eigenvalue weighted by Crippen LogP contribution is 2.06. The third kappa shape index (κ3) is 11.8. The Hall–Kier alpha value is -0.0800. The van der Waals surface area contributed by atoms with Gasteiger partial charge in [0.15, 0.2) is 0 Å². The summed E-state index contributed by atoms with van der Waals surface area (Å²) in [5.41, 5.74) is 0. The van der Waals surface area contributed by atoms with Crippen molar-refractivity contribution in [2.45, 2.75) is 71.3 Å². The van der Waals surface area contributed by atoms with Gasteiger partial charge in [-0.2, -0.15) is 0 Å².